The number of alkyl halides is 2. The highest BCUT2D eigenvalue weighted by Gasteiger charge is 2.11. The molecule has 0 aliphatic carbocycles. The molecule has 0 aliphatic heterocycles. The second kappa shape index (κ2) is 7.65. The Hall–Kier alpha value is -2.28. The number of nitrogens with zero attached hydrogens (tertiary/aromatic N) is 1. The number of para-hydroxylation sites is 1. The number of halogens is 2. The Morgan fingerprint density at radius 3 is 2.77 bits per heavy atom. The van der Waals surface area contributed by atoms with E-state index < -0.39 is 6.61 Å². The number of ether oxygens (including phenoxy) is 1. The van der Waals surface area contributed by atoms with E-state index in [-0.39, 0.29) is 18.1 Å². The molecule has 0 bridgehead atoms. The van der Waals surface area contributed by atoms with Crippen LogP contribution in [0.4, 0.5) is 8.78 Å². The third-order valence-corrected chi connectivity index (χ3v) is 3.63. The molecule has 7 heteroatoms. The van der Waals surface area contributed by atoms with Gasteiger partial charge >= 0.3 is 6.61 Å². The standard InChI is InChI=1S/C15H14F2N2O2S/c1-10(12-6-2-3-7-13(12)21-15(16)17)18-19-14(20)9-11-5-4-8-22-11/h2-8,15H,9H2,1H3,(H,19,20)/b18-10+. The van der Waals surface area contributed by atoms with Crippen molar-refractivity contribution in [2.45, 2.75) is 20.0 Å². The first-order valence-corrected chi connectivity index (χ1v) is 7.34. The van der Waals surface area contributed by atoms with Crippen LogP contribution in [0.25, 0.3) is 0 Å². The largest absolute Gasteiger partial charge is 0.434 e. The number of carbonyl (C=O) groups excluding carboxylic acids is 1. The van der Waals surface area contributed by atoms with Gasteiger partial charge in [-0.2, -0.15) is 13.9 Å². The van der Waals surface area contributed by atoms with Gasteiger partial charge in [-0.25, -0.2) is 5.43 Å². The van der Waals surface area contributed by atoms with Gasteiger partial charge in [0.2, 0.25) is 5.91 Å². The van der Waals surface area contributed by atoms with Gasteiger partial charge in [0.05, 0.1) is 12.1 Å². The normalized spacial score (nSPS) is 11.5. The van der Waals surface area contributed by atoms with E-state index in [1.165, 1.54) is 17.4 Å². The lowest BCUT2D eigenvalue weighted by molar-refractivity contribution is -0.120. The molecule has 1 heterocycles. The summed E-state index contributed by atoms with van der Waals surface area (Å²) >= 11 is 1.48. The van der Waals surface area contributed by atoms with Gasteiger partial charge in [0.25, 0.3) is 0 Å². The molecule has 0 atom stereocenters. The number of benzene rings is 1. The molecule has 0 aliphatic rings. The van der Waals surface area contributed by atoms with Crippen LogP contribution in [0.5, 0.6) is 5.75 Å². The van der Waals surface area contributed by atoms with E-state index in [0.717, 1.165) is 4.88 Å². The van der Waals surface area contributed by atoms with Crippen molar-refractivity contribution in [2.24, 2.45) is 5.10 Å². The zero-order valence-corrected chi connectivity index (χ0v) is 12.6. The average molecular weight is 324 g/mol. The number of carbonyl (C=O) groups is 1. The van der Waals surface area contributed by atoms with Gasteiger partial charge in [-0.15, -0.1) is 11.3 Å². The molecule has 4 nitrogen and oxygen atoms in total. The van der Waals surface area contributed by atoms with Crippen LogP contribution in [0.3, 0.4) is 0 Å². The van der Waals surface area contributed by atoms with Gasteiger partial charge in [0, 0.05) is 10.4 Å². The fraction of sp³-hybridized carbons (Fsp3) is 0.200. The summed E-state index contributed by atoms with van der Waals surface area (Å²) in [6.07, 6.45) is 0.226. The number of hydrogen-bond donors (Lipinski definition) is 1. The zero-order chi connectivity index (χ0) is 15.9. The highest BCUT2D eigenvalue weighted by molar-refractivity contribution is 7.10. The second-order valence-corrected chi connectivity index (χ2v) is 5.40. The van der Waals surface area contributed by atoms with Crippen molar-refractivity contribution in [3.8, 4) is 5.75 Å². The molecule has 0 radical (unpaired) electrons. The minimum atomic E-state index is -2.91. The monoisotopic (exact) mass is 324 g/mol. The SMILES string of the molecule is C/C(=N\NC(=O)Cc1cccs1)c1ccccc1OC(F)F. The molecule has 2 aromatic rings. The van der Waals surface area contributed by atoms with Crippen LogP contribution in [-0.4, -0.2) is 18.2 Å². The van der Waals surface area contributed by atoms with Crippen LogP contribution in [0, 0.1) is 0 Å². The number of amides is 1. The smallest absolute Gasteiger partial charge is 0.387 e. The van der Waals surface area contributed by atoms with Gasteiger partial charge in [-0.05, 0) is 30.5 Å². The minimum Gasteiger partial charge on any atom is -0.434 e. The minimum absolute atomic E-state index is 0.0197. The Morgan fingerprint density at radius 1 is 1.32 bits per heavy atom. The van der Waals surface area contributed by atoms with E-state index in [1.54, 1.807) is 25.1 Å². The number of thiophene rings is 1. The molecular formula is C15H14F2N2O2S. The van der Waals surface area contributed by atoms with Crippen molar-refractivity contribution in [1.29, 1.82) is 0 Å². The van der Waals surface area contributed by atoms with Crippen molar-refractivity contribution in [3.63, 3.8) is 0 Å². The van der Waals surface area contributed by atoms with Crippen molar-refractivity contribution in [2.75, 3.05) is 0 Å². The molecule has 1 aromatic carbocycles. The molecule has 2 rings (SSSR count). The molecule has 0 fully saturated rings. The second-order valence-electron chi connectivity index (χ2n) is 4.36. The maximum Gasteiger partial charge on any atom is 0.387 e. The summed E-state index contributed by atoms with van der Waals surface area (Å²) in [5.74, 6) is -0.250. The Kier molecular flexibility index (Phi) is 5.60. The van der Waals surface area contributed by atoms with Crippen molar-refractivity contribution in [3.05, 3.63) is 52.2 Å². The van der Waals surface area contributed by atoms with Crippen LogP contribution in [0.1, 0.15) is 17.4 Å². The number of rotatable bonds is 6. The maximum atomic E-state index is 12.4. The first kappa shape index (κ1) is 16.1. The molecule has 0 saturated carbocycles. The summed E-state index contributed by atoms with van der Waals surface area (Å²) in [5.41, 5.74) is 3.20. The molecule has 0 saturated heterocycles. The van der Waals surface area contributed by atoms with Gasteiger partial charge in [-0.3, -0.25) is 4.79 Å². The maximum absolute atomic E-state index is 12.4. The lowest BCUT2D eigenvalue weighted by atomic mass is 10.1. The third kappa shape index (κ3) is 4.63. The Balaban J connectivity index is 2.04. The van der Waals surface area contributed by atoms with Gasteiger partial charge in [-0.1, -0.05) is 18.2 Å². The highest BCUT2D eigenvalue weighted by atomic mass is 32.1. The van der Waals surface area contributed by atoms with Crippen LogP contribution >= 0.6 is 11.3 Å². The molecule has 0 unspecified atom stereocenters. The van der Waals surface area contributed by atoms with Gasteiger partial charge < -0.3 is 4.74 Å². The van der Waals surface area contributed by atoms with E-state index in [1.807, 2.05) is 17.5 Å². The van der Waals surface area contributed by atoms with Crippen LogP contribution in [0.15, 0.2) is 46.9 Å². The van der Waals surface area contributed by atoms with Crippen LogP contribution in [0.2, 0.25) is 0 Å². The van der Waals surface area contributed by atoms with Gasteiger partial charge in [0.1, 0.15) is 5.75 Å². The van der Waals surface area contributed by atoms with E-state index in [4.69, 9.17) is 0 Å². The predicted molar refractivity (Wildman–Crippen MR) is 81.5 cm³/mol. The number of hydrazone groups is 1. The summed E-state index contributed by atoms with van der Waals surface area (Å²) in [4.78, 5) is 12.7. The number of nitrogens with one attached hydrogen (secondary N) is 1. The van der Waals surface area contributed by atoms with E-state index in [0.29, 0.717) is 11.3 Å². The Labute approximate surface area is 130 Å². The summed E-state index contributed by atoms with van der Waals surface area (Å²) in [7, 11) is 0. The molecular weight excluding hydrogens is 310 g/mol. The van der Waals surface area contributed by atoms with Gasteiger partial charge in [0.15, 0.2) is 0 Å². The van der Waals surface area contributed by atoms with Crippen molar-refractivity contribution < 1.29 is 18.3 Å². The molecule has 1 aromatic heterocycles. The highest BCUT2D eigenvalue weighted by Crippen LogP contribution is 2.20. The molecule has 116 valence electrons. The topological polar surface area (TPSA) is 50.7 Å². The van der Waals surface area contributed by atoms with E-state index >= 15 is 0 Å². The average Bonchev–Trinajstić information content (AvgIpc) is 2.97. The fourth-order valence-corrected chi connectivity index (χ4v) is 2.49. The summed E-state index contributed by atoms with van der Waals surface area (Å²) in [5, 5.41) is 5.82. The molecule has 0 spiro atoms. The Morgan fingerprint density at radius 2 is 2.09 bits per heavy atom. The van der Waals surface area contributed by atoms with Crippen molar-refractivity contribution >= 4 is 23.0 Å². The number of hydrogen-bond acceptors (Lipinski definition) is 4. The summed E-state index contributed by atoms with van der Waals surface area (Å²) < 4.78 is 29.2. The first-order chi connectivity index (χ1) is 10.6. The van der Waals surface area contributed by atoms with E-state index in [9.17, 15) is 13.6 Å². The fourth-order valence-electron chi connectivity index (χ4n) is 1.78. The summed E-state index contributed by atoms with van der Waals surface area (Å²) in [6, 6.07) is 10.0. The van der Waals surface area contributed by atoms with Crippen LogP contribution < -0.4 is 10.2 Å². The zero-order valence-electron chi connectivity index (χ0n) is 11.8. The molecule has 1 amide bonds. The van der Waals surface area contributed by atoms with Crippen molar-refractivity contribution in [1.82, 2.24) is 5.43 Å². The Bertz CT molecular complexity index is 657. The predicted octanol–water partition coefficient (Wildman–Crippen LogP) is 3.43. The molecule has 22 heavy (non-hydrogen) atoms. The summed E-state index contributed by atoms with van der Waals surface area (Å²) in [6.45, 7) is -1.30. The molecule has 1 N–H and O–H groups in total. The quantitative estimate of drug-likeness (QED) is 0.654. The first-order valence-electron chi connectivity index (χ1n) is 6.46. The van der Waals surface area contributed by atoms with Crippen LogP contribution in [-0.2, 0) is 11.2 Å². The lowest BCUT2D eigenvalue weighted by Crippen LogP contribution is -2.21. The van der Waals surface area contributed by atoms with E-state index in [2.05, 4.69) is 15.3 Å². The third-order valence-electron chi connectivity index (χ3n) is 2.76. The lowest BCUT2D eigenvalue weighted by Gasteiger charge is -2.10.